The van der Waals surface area contributed by atoms with Crippen molar-refractivity contribution in [1.29, 1.82) is 0 Å². The molecule has 1 aromatic carbocycles. The van der Waals surface area contributed by atoms with E-state index >= 15 is 0 Å². The number of nitrogens with zero attached hydrogens (tertiary/aromatic N) is 3. The van der Waals surface area contributed by atoms with E-state index in [1.54, 1.807) is 6.33 Å². The fourth-order valence-corrected chi connectivity index (χ4v) is 2.23. The maximum Gasteiger partial charge on any atom is 0.139 e. The van der Waals surface area contributed by atoms with Crippen molar-refractivity contribution < 1.29 is 0 Å². The Morgan fingerprint density at radius 3 is 3.05 bits per heavy atom. The first-order valence-corrected chi connectivity index (χ1v) is 6.45. The molecule has 2 aromatic heterocycles. The van der Waals surface area contributed by atoms with Crippen LogP contribution in [0.3, 0.4) is 0 Å². The molecule has 3 rings (SSSR count). The molecule has 0 fully saturated rings. The Morgan fingerprint density at radius 1 is 1.32 bits per heavy atom. The molecule has 0 radical (unpaired) electrons. The largest absolute Gasteiger partial charge is 0.348 e. The minimum atomic E-state index is 0.723. The molecule has 5 heteroatoms. The number of nitrogens with one attached hydrogen (secondary N) is 1. The van der Waals surface area contributed by atoms with Crippen LogP contribution in [0, 0.1) is 0 Å². The van der Waals surface area contributed by atoms with Gasteiger partial charge in [0.1, 0.15) is 5.82 Å². The number of imidazole rings is 2. The van der Waals surface area contributed by atoms with E-state index in [1.165, 1.54) is 0 Å². The van der Waals surface area contributed by atoms with Gasteiger partial charge in [0.15, 0.2) is 0 Å². The van der Waals surface area contributed by atoms with Crippen molar-refractivity contribution in [3.8, 4) is 11.4 Å². The molecule has 3 aromatic rings. The highest BCUT2D eigenvalue weighted by atomic mass is 35.5. The van der Waals surface area contributed by atoms with Crippen molar-refractivity contribution in [3.05, 3.63) is 59.9 Å². The van der Waals surface area contributed by atoms with Crippen molar-refractivity contribution in [3.63, 3.8) is 0 Å². The summed E-state index contributed by atoms with van der Waals surface area (Å²) in [6.45, 7) is 0.851. The summed E-state index contributed by atoms with van der Waals surface area (Å²) in [5.74, 6) is 0.932. The molecule has 0 aliphatic carbocycles. The summed E-state index contributed by atoms with van der Waals surface area (Å²) in [5, 5.41) is 0.723. The second-order valence-corrected chi connectivity index (χ2v) is 4.72. The third kappa shape index (κ3) is 2.69. The van der Waals surface area contributed by atoms with Gasteiger partial charge in [0, 0.05) is 47.8 Å². The Balaban J connectivity index is 1.82. The average Bonchev–Trinajstić information content (AvgIpc) is 3.08. The van der Waals surface area contributed by atoms with Crippen molar-refractivity contribution in [1.82, 2.24) is 19.5 Å². The lowest BCUT2D eigenvalue weighted by Gasteiger charge is -2.07. The minimum absolute atomic E-state index is 0.723. The molecule has 0 saturated heterocycles. The molecule has 0 amide bonds. The Bertz CT molecular complexity index is 658. The van der Waals surface area contributed by atoms with E-state index in [9.17, 15) is 0 Å². The fraction of sp³-hybridized carbons (Fsp3) is 0.143. The molecule has 0 unspecified atom stereocenters. The maximum absolute atomic E-state index is 6.02. The zero-order valence-corrected chi connectivity index (χ0v) is 11.0. The first kappa shape index (κ1) is 12.0. The quantitative estimate of drug-likeness (QED) is 0.793. The molecular weight excluding hydrogens is 260 g/mol. The first-order chi connectivity index (χ1) is 9.33. The Morgan fingerprint density at radius 2 is 2.26 bits per heavy atom. The molecule has 19 heavy (non-hydrogen) atoms. The van der Waals surface area contributed by atoms with Gasteiger partial charge in [0.25, 0.3) is 0 Å². The first-order valence-electron chi connectivity index (χ1n) is 6.07. The standard InChI is InChI=1S/C14H13ClN4/c15-12-3-1-2-11(8-12)14-17-5-7-19(14)6-4-13-9-16-10-18-13/h1-3,5,7-10H,4,6H2,(H,16,18). The van der Waals surface area contributed by atoms with Crippen LogP contribution in [0.5, 0.6) is 0 Å². The number of hydrogen-bond donors (Lipinski definition) is 1. The van der Waals surface area contributed by atoms with Crippen LogP contribution in [0.2, 0.25) is 5.02 Å². The van der Waals surface area contributed by atoms with Crippen LogP contribution in [0.4, 0.5) is 0 Å². The predicted molar refractivity (Wildman–Crippen MR) is 75.0 cm³/mol. The monoisotopic (exact) mass is 272 g/mol. The summed E-state index contributed by atoms with van der Waals surface area (Å²) < 4.78 is 2.12. The highest BCUT2D eigenvalue weighted by molar-refractivity contribution is 6.30. The van der Waals surface area contributed by atoms with Gasteiger partial charge in [-0.1, -0.05) is 23.7 Å². The van der Waals surface area contributed by atoms with E-state index in [4.69, 9.17) is 11.6 Å². The van der Waals surface area contributed by atoms with Crippen molar-refractivity contribution in [2.24, 2.45) is 0 Å². The minimum Gasteiger partial charge on any atom is -0.348 e. The summed E-state index contributed by atoms with van der Waals surface area (Å²) in [6, 6.07) is 7.74. The fourth-order valence-electron chi connectivity index (χ4n) is 2.04. The predicted octanol–water partition coefficient (Wildman–Crippen LogP) is 3.17. The number of benzene rings is 1. The Hall–Kier alpha value is -2.07. The highest BCUT2D eigenvalue weighted by Crippen LogP contribution is 2.21. The summed E-state index contributed by atoms with van der Waals surface area (Å²) in [5.41, 5.74) is 2.15. The second-order valence-electron chi connectivity index (χ2n) is 4.28. The summed E-state index contributed by atoms with van der Waals surface area (Å²) in [7, 11) is 0. The normalized spacial score (nSPS) is 10.8. The van der Waals surface area contributed by atoms with Gasteiger partial charge in [-0.3, -0.25) is 0 Å². The van der Waals surface area contributed by atoms with Gasteiger partial charge in [-0.25, -0.2) is 9.97 Å². The van der Waals surface area contributed by atoms with E-state index in [1.807, 2.05) is 42.9 Å². The number of aryl methyl sites for hydroxylation is 2. The van der Waals surface area contributed by atoms with Crippen molar-refractivity contribution >= 4 is 11.6 Å². The molecule has 2 heterocycles. The van der Waals surface area contributed by atoms with Crippen molar-refractivity contribution in [2.75, 3.05) is 0 Å². The smallest absolute Gasteiger partial charge is 0.139 e. The molecule has 4 nitrogen and oxygen atoms in total. The van der Waals surface area contributed by atoms with Crippen LogP contribution >= 0.6 is 11.6 Å². The zero-order valence-electron chi connectivity index (χ0n) is 10.3. The van der Waals surface area contributed by atoms with Gasteiger partial charge < -0.3 is 9.55 Å². The number of aromatic amines is 1. The number of halogens is 1. The van der Waals surface area contributed by atoms with E-state index in [0.29, 0.717) is 0 Å². The number of H-pyrrole nitrogens is 1. The van der Waals surface area contributed by atoms with Gasteiger partial charge >= 0.3 is 0 Å². The lowest BCUT2D eigenvalue weighted by Crippen LogP contribution is -2.02. The van der Waals surface area contributed by atoms with Crippen LogP contribution in [0.25, 0.3) is 11.4 Å². The number of aromatic nitrogens is 4. The van der Waals surface area contributed by atoms with Crippen molar-refractivity contribution in [2.45, 2.75) is 13.0 Å². The van der Waals surface area contributed by atoms with E-state index in [0.717, 1.165) is 35.1 Å². The zero-order chi connectivity index (χ0) is 13.1. The molecule has 0 saturated carbocycles. The van der Waals surface area contributed by atoms with Gasteiger partial charge in [-0.2, -0.15) is 0 Å². The lowest BCUT2D eigenvalue weighted by molar-refractivity contribution is 0.694. The van der Waals surface area contributed by atoms with Crippen LogP contribution in [-0.4, -0.2) is 19.5 Å². The third-order valence-corrected chi connectivity index (χ3v) is 3.21. The molecule has 96 valence electrons. The Labute approximate surface area is 116 Å². The van der Waals surface area contributed by atoms with Crippen LogP contribution in [-0.2, 0) is 13.0 Å². The lowest BCUT2D eigenvalue weighted by atomic mass is 10.2. The molecule has 0 aliphatic heterocycles. The van der Waals surface area contributed by atoms with E-state index in [-0.39, 0.29) is 0 Å². The maximum atomic E-state index is 6.02. The molecular formula is C14H13ClN4. The van der Waals surface area contributed by atoms with Gasteiger partial charge in [-0.15, -0.1) is 0 Å². The van der Waals surface area contributed by atoms with Gasteiger partial charge in [-0.05, 0) is 12.1 Å². The van der Waals surface area contributed by atoms with Crippen LogP contribution < -0.4 is 0 Å². The van der Waals surface area contributed by atoms with E-state index < -0.39 is 0 Å². The highest BCUT2D eigenvalue weighted by Gasteiger charge is 2.06. The summed E-state index contributed by atoms with van der Waals surface area (Å²) >= 11 is 6.02. The van der Waals surface area contributed by atoms with Gasteiger partial charge in [0.2, 0.25) is 0 Å². The molecule has 0 spiro atoms. The molecule has 0 aliphatic rings. The number of hydrogen-bond acceptors (Lipinski definition) is 2. The SMILES string of the molecule is Clc1cccc(-c2nccn2CCc2cnc[nH]2)c1. The Kier molecular flexibility index (Phi) is 3.33. The van der Waals surface area contributed by atoms with Gasteiger partial charge in [0.05, 0.1) is 6.33 Å². The van der Waals surface area contributed by atoms with Crippen LogP contribution in [0.15, 0.2) is 49.2 Å². The third-order valence-electron chi connectivity index (χ3n) is 2.98. The number of rotatable bonds is 4. The summed E-state index contributed by atoms with van der Waals surface area (Å²) in [6.07, 6.45) is 8.22. The van der Waals surface area contributed by atoms with E-state index in [2.05, 4.69) is 19.5 Å². The summed E-state index contributed by atoms with van der Waals surface area (Å²) in [4.78, 5) is 11.5. The molecule has 1 N–H and O–H groups in total. The second kappa shape index (κ2) is 5.28. The average molecular weight is 273 g/mol. The molecule has 0 atom stereocenters. The topological polar surface area (TPSA) is 46.5 Å². The van der Waals surface area contributed by atoms with Crippen LogP contribution in [0.1, 0.15) is 5.69 Å². The molecule has 0 bridgehead atoms.